The van der Waals surface area contributed by atoms with Gasteiger partial charge in [0.15, 0.2) is 0 Å². The Bertz CT molecular complexity index is 585. The molecule has 0 aliphatic rings. The zero-order valence-corrected chi connectivity index (χ0v) is 12.8. The molecule has 106 valence electrons. The molecule has 1 aromatic carbocycles. The summed E-state index contributed by atoms with van der Waals surface area (Å²) in [7, 11) is 0. The fourth-order valence-electron chi connectivity index (χ4n) is 2.63. The smallest absolute Gasteiger partial charge is 0.0676 e. The van der Waals surface area contributed by atoms with Gasteiger partial charge in [-0.1, -0.05) is 25.1 Å². The van der Waals surface area contributed by atoms with E-state index in [-0.39, 0.29) is 6.04 Å². The molecular formula is C17H23N3. The molecule has 0 fully saturated rings. The minimum absolute atomic E-state index is 0.0288. The topological polar surface area (TPSA) is 51.8 Å². The molecule has 1 unspecified atom stereocenters. The molecule has 2 N–H and O–H groups in total. The Hall–Kier alpha value is -1.74. The van der Waals surface area contributed by atoms with Crippen molar-refractivity contribution in [2.75, 3.05) is 0 Å². The molecule has 1 heterocycles. The van der Waals surface area contributed by atoms with E-state index in [4.69, 9.17) is 5.73 Å². The first-order chi connectivity index (χ1) is 9.52. The van der Waals surface area contributed by atoms with Crippen LogP contribution in [-0.2, 0) is 12.8 Å². The zero-order valence-electron chi connectivity index (χ0n) is 12.8. The Morgan fingerprint density at radius 1 is 1.10 bits per heavy atom. The van der Waals surface area contributed by atoms with Crippen LogP contribution in [0.4, 0.5) is 0 Å². The van der Waals surface area contributed by atoms with Crippen molar-refractivity contribution in [1.82, 2.24) is 10.2 Å². The predicted molar refractivity (Wildman–Crippen MR) is 82.7 cm³/mol. The van der Waals surface area contributed by atoms with E-state index in [0.29, 0.717) is 0 Å². The van der Waals surface area contributed by atoms with E-state index in [0.717, 1.165) is 29.8 Å². The standard InChI is InChI=1S/C17H23N3/c1-5-17-15(9-13(4)19-20-17)16(18)10-14-11(2)7-6-8-12(14)3/h6-9,16H,5,10,18H2,1-4H3. The molecule has 0 aliphatic carbocycles. The second-order valence-corrected chi connectivity index (χ2v) is 5.42. The van der Waals surface area contributed by atoms with Gasteiger partial charge >= 0.3 is 0 Å². The highest BCUT2D eigenvalue weighted by Crippen LogP contribution is 2.23. The van der Waals surface area contributed by atoms with Crippen LogP contribution in [0.3, 0.4) is 0 Å². The highest BCUT2D eigenvalue weighted by atomic mass is 15.1. The van der Waals surface area contributed by atoms with Gasteiger partial charge in [0, 0.05) is 6.04 Å². The Balaban J connectivity index is 2.33. The molecule has 0 amide bonds. The van der Waals surface area contributed by atoms with Crippen LogP contribution in [0.1, 0.15) is 46.6 Å². The largest absolute Gasteiger partial charge is 0.324 e. The summed E-state index contributed by atoms with van der Waals surface area (Å²) in [5.41, 5.74) is 13.5. The third-order valence-electron chi connectivity index (χ3n) is 3.83. The Kier molecular flexibility index (Phi) is 4.50. The van der Waals surface area contributed by atoms with Gasteiger partial charge in [-0.05, 0) is 61.9 Å². The van der Waals surface area contributed by atoms with Crippen LogP contribution in [0.25, 0.3) is 0 Å². The highest BCUT2D eigenvalue weighted by molar-refractivity contribution is 5.36. The van der Waals surface area contributed by atoms with Crippen molar-refractivity contribution in [3.8, 4) is 0 Å². The summed E-state index contributed by atoms with van der Waals surface area (Å²) >= 11 is 0. The molecule has 3 nitrogen and oxygen atoms in total. The van der Waals surface area contributed by atoms with Gasteiger partial charge in [-0.25, -0.2) is 0 Å². The summed E-state index contributed by atoms with van der Waals surface area (Å²) in [6.07, 6.45) is 1.71. The van der Waals surface area contributed by atoms with E-state index in [1.165, 1.54) is 16.7 Å². The van der Waals surface area contributed by atoms with E-state index < -0.39 is 0 Å². The summed E-state index contributed by atoms with van der Waals surface area (Å²) < 4.78 is 0. The Morgan fingerprint density at radius 2 is 1.75 bits per heavy atom. The van der Waals surface area contributed by atoms with Gasteiger partial charge in [0.1, 0.15) is 0 Å². The molecule has 2 aromatic rings. The molecule has 0 aliphatic heterocycles. The van der Waals surface area contributed by atoms with Gasteiger partial charge in [-0.2, -0.15) is 10.2 Å². The first-order valence-corrected chi connectivity index (χ1v) is 7.16. The van der Waals surface area contributed by atoms with Gasteiger partial charge in [0.2, 0.25) is 0 Å². The van der Waals surface area contributed by atoms with E-state index in [2.05, 4.69) is 55.2 Å². The number of rotatable bonds is 4. The molecule has 0 bridgehead atoms. The van der Waals surface area contributed by atoms with Gasteiger partial charge in [-0.15, -0.1) is 0 Å². The molecule has 20 heavy (non-hydrogen) atoms. The number of aromatic nitrogens is 2. The van der Waals surface area contributed by atoms with E-state index in [1.54, 1.807) is 0 Å². The average molecular weight is 269 g/mol. The number of nitrogens with two attached hydrogens (primary N) is 1. The molecule has 0 saturated carbocycles. The van der Waals surface area contributed by atoms with Crippen LogP contribution in [0.15, 0.2) is 24.3 Å². The minimum Gasteiger partial charge on any atom is -0.324 e. The molecule has 0 saturated heterocycles. The third kappa shape index (κ3) is 3.05. The molecular weight excluding hydrogens is 246 g/mol. The summed E-state index contributed by atoms with van der Waals surface area (Å²) in [5, 5.41) is 8.40. The van der Waals surface area contributed by atoms with Crippen molar-refractivity contribution < 1.29 is 0 Å². The zero-order chi connectivity index (χ0) is 14.7. The van der Waals surface area contributed by atoms with Crippen LogP contribution in [0, 0.1) is 20.8 Å². The lowest BCUT2D eigenvalue weighted by Gasteiger charge is -2.18. The number of nitrogens with zero attached hydrogens (tertiary/aromatic N) is 2. The van der Waals surface area contributed by atoms with Crippen LogP contribution < -0.4 is 5.73 Å². The Morgan fingerprint density at radius 3 is 2.35 bits per heavy atom. The number of aryl methyl sites for hydroxylation is 4. The minimum atomic E-state index is -0.0288. The number of hydrogen-bond acceptors (Lipinski definition) is 3. The molecule has 1 aromatic heterocycles. The predicted octanol–water partition coefficient (Wildman–Crippen LogP) is 3.21. The maximum atomic E-state index is 6.44. The van der Waals surface area contributed by atoms with Gasteiger partial charge < -0.3 is 5.73 Å². The second-order valence-electron chi connectivity index (χ2n) is 5.42. The molecule has 0 radical (unpaired) electrons. The maximum Gasteiger partial charge on any atom is 0.0676 e. The van der Waals surface area contributed by atoms with Crippen molar-refractivity contribution in [1.29, 1.82) is 0 Å². The van der Waals surface area contributed by atoms with Crippen LogP contribution in [0.2, 0.25) is 0 Å². The maximum absolute atomic E-state index is 6.44. The average Bonchev–Trinajstić information content (AvgIpc) is 2.43. The van der Waals surface area contributed by atoms with Gasteiger partial charge in [0.25, 0.3) is 0 Å². The number of hydrogen-bond donors (Lipinski definition) is 1. The van der Waals surface area contributed by atoms with Crippen LogP contribution >= 0.6 is 0 Å². The fourth-order valence-corrected chi connectivity index (χ4v) is 2.63. The van der Waals surface area contributed by atoms with Crippen molar-refractivity contribution in [3.05, 3.63) is 57.9 Å². The van der Waals surface area contributed by atoms with Crippen molar-refractivity contribution in [2.24, 2.45) is 5.73 Å². The van der Waals surface area contributed by atoms with E-state index in [1.807, 2.05) is 6.92 Å². The van der Waals surface area contributed by atoms with Crippen molar-refractivity contribution in [3.63, 3.8) is 0 Å². The lowest BCUT2D eigenvalue weighted by atomic mass is 9.92. The SMILES string of the molecule is CCc1nnc(C)cc1C(N)Cc1c(C)cccc1C. The normalized spacial score (nSPS) is 12.4. The van der Waals surface area contributed by atoms with Crippen molar-refractivity contribution >= 4 is 0 Å². The highest BCUT2D eigenvalue weighted by Gasteiger charge is 2.15. The van der Waals surface area contributed by atoms with Crippen LogP contribution in [-0.4, -0.2) is 10.2 Å². The summed E-state index contributed by atoms with van der Waals surface area (Å²) in [6.45, 7) is 8.34. The second kappa shape index (κ2) is 6.14. The monoisotopic (exact) mass is 269 g/mol. The Labute approximate surface area is 121 Å². The first kappa shape index (κ1) is 14.7. The number of benzene rings is 1. The first-order valence-electron chi connectivity index (χ1n) is 7.16. The molecule has 3 heteroatoms. The van der Waals surface area contributed by atoms with Crippen molar-refractivity contribution in [2.45, 2.75) is 46.6 Å². The third-order valence-corrected chi connectivity index (χ3v) is 3.83. The molecule has 2 rings (SSSR count). The molecule has 0 spiro atoms. The van der Waals surface area contributed by atoms with Gasteiger partial charge in [0.05, 0.1) is 11.4 Å². The molecule has 1 atom stereocenters. The van der Waals surface area contributed by atoms with E-state index >= 15 is 0 Å². The summed E-state index contributed by atoms with van der Waals surface area (Å²) in [4.78, 5) is 0. The van der Waals surface area contributed by atoms with Crippen LogP contribution in [0.5, 0.6) is 0 Å². The lowest BCUT2D eigenvalue weighted by molar-refractivity contribution is 0.687. The summed E-state index contributed by atoms with van der Waals surface area (Å²) in [6, 6.07) is 8.43. The summed E-state index contributed by atoms with van der Waals surface area (Å²) in [5.74, 6) is 0. The van der Waals surface area contributed by atoms with E-state index in [9.17, 15) is 0 Å². The fraction of sp³-hybridized carbons (Fsp3) is 0.412. The lowest BCUT2D eigenvalue weighted by Crippen LogP contribution is -2.18. The quantitative estimate of drug-likeness (QED) is 0.927. The van der Waals surface area contributed by atoms with Gasteiger partial charge in [-0.3, -0.25) is 0 Å².